The van der Waals surface area contributed by atoms with Crippen LogP contribution in [-0.4, -0.2) is 4.98 Å². The number of nitriles is 1. The summed E-state index contributed by atoms with van der Waals surface area (Å²) in [6.45, 7) is 0. The number of fused-ring (bicyclic) bond motifs is 1. The molecular weight excluding hydrogens is 224 g/mol. The van der Waals surface area contributed by atoms with Crippen LogP contribution in [0.3, 0.4) is 0 Å². The van der Waals surface area contributed by atoms with Gasteiger partial charge >= 0.3 is 0 Å². The number of nitrogens with one attached hydrogen (secondary N) is 1. The van der Waals surface area contributed by atoms with Crippen molar-refractivity contribution in [1.82, 2.24) is 4.98 Å². The van der Waals surface area contributed by atoms with Crippen LogP contribution in [0, 0.1) is 11.5 Å². The first-order chi connectivity index (χ1) is 8.86. The van der Waals surface area contributed by atoms with E-state index in [1.807, 2.05) is 30.3 Å². The number of nitrogens with zero attached hydrogens (tertiary/aromatic N) is 1. The van der Waals surface area contributed by atoms with Gasteiger partial charge in [-0.25, -0.2) is 0 Å². The third kappa shape index (κ3) is 1.80. The third-order valence-electron chi connectivity index (χ3n) is 2.86. The van der Waals surface area contributed by atoms with Crippen molar-refractivity contribution in [3.63, 3.8) is 0 Å². The lowest BCUT2D eigenvalue weighted by Crippen LogP contribution is -1.82. The molecule has 0 radical (unpaired) electrons. The van der Waals surface area contributed by atoms with Gasteiger partial charge in [0.05, 0.1) is 0 Å². The maximum absolute atomic E-state index is 8.42. The van der Waals surface area contributed by atoms with Crippen molar-refractivity contribution in [1.29, 1.82) is 5.26 Å². The van der Waals surface area contributed by atoms with Crippen molar-refractivity contribution in [3.8, 4) is 23.3 Å². The smallest absolute Gasteiger partial charge is 0.292 e. The number of benzene rings is 2. The number of hydrogen-bond acceptors (Lipinski definition) is 2. The summed E-state index contributed by atoms with van der Waals surface area (Å²) in [5, 5.41) is 9.61. The van der Waals surface area contributed by atoms with Crippen LogP contribution in [-0.2, 0) is 0 Å². The van der Waals surface area contributed by atoms with Crippen LogP contribution in [0.2, 0.25) is 0 Å². The highest BCUT2D eigenvalue weighted by Crippen LogP contribution is 2.25. The lowest BCUT2D eigenvalue weighted by atomic mass is 10.1. The minimum Gasteiger partial charge on any atom is -0.388 e. The van der Waals surface area contributed by atoms with Gasteiger partial charge in [0.1, 0.15) is 5.75 Å². The van der Waals surface area contributed by atoms with Gasteiger partial charge in [0.15, 0.2) is 0 Å². The average Bonchev–Trinajstić information content (AvgIpc) is 2.84. The molecular formula is C15H10N2O. The molecule has 3 heteroatoms. The summed E-state index contributed by atoms with van der Waals surface area (Å²) >= 11 is 0. The summed E-state index contributed by atoms with van der Waals surface area (Å²) in [4.78, 5) is 3.36. The molecule has 1 N–H and O–H groups in total. The van der Waals surface area contributed by atoms with E-state index in [0.717, 1.165) is 16.8 Å². The van der Waals surface area contributed by atoms with E-state index in [9.17, 15) is 0 Å². The van der Waals surface area contributed by atoms with Crippen molar-refractivity contribution >= 4 is 10.9 Å². The van der Waals surface area contributed by atoms with E-state index in [-0.39, 0.29) is 0 Å². The van der Waals surface area contributed by atoms with Gasteiger partial charge in [-0.3, -0.25) is 0 Å². The van der Waals surface area contributed by atoms with Crippen LogP contribution in [0.1, 0.15) is 0 Å². The Bertz CT molecular complexity index is 687. The zero-order valence-electron chi connectivity index (χ0n) is 9.55. The van der Waals surface area contributed by atoms with E-state index < -0.39 is 0 Å². The van der Waals surface area contributed by atoms with Crippen LogP contribution in [0.5, 0.6) is 5.75 Å². The maximum Gasteiger partial charge on any atom is 0.292 e. The third-order valence-corrected chi connectivity index (χ3v) is 2.86. The van der Waals surface area contributed by atoms with Gasteiger partial charge in [-0.2, -0.15) is 0 Å². The number of aromatic amines is 1. The van der Waals surface area contributed by atoms with Crippen LogP contribution in [0.25, 0.3) is 22.2 Å². The number of rotatable bonds is 2. The van der Waals surface area contributed by atoms with Crippen molar-refractivity contribution < 1.29 is 4.74 Å². The van der Waals surface area contributed by atoms with Crippen molar-refractivity contribution in [2.75, 3.05) is 0 Å². The predicted octanol–water partition coefficient (Wildman–Crippen LogP) is 3.69. The van der Waals surface area contributed by atoms with Crippen molar-refractivity contribution in [2.24, 2.45) is 0 Å². The van der Waals surface area contributed by atoms with E-state index >= 15 is 0 Å². The Balaban J connectivity index is 2.01. The number of aromatic nitrogens is 1. The molecule has 0 fully saturated rings. The highest BCUT2D eigenvalue weighted by atomic mass is 16.5. The standard InChI is InChI=1S/C15H10N2O/c16-10-18-13-7-5-11(6-8-13)15-9-12-3-1-2-4-14(12)17-15/h1-9,17H. The SMILES string of the molecule is N#COc1ccc(-c2cc3ccccc3[nH]2)cc1. The zero-order valence-corrected chi connectivity index (χ0v) is 9.55. The van der Waals surface area contributed by atoms with Gasteiger partial charge in [-0.05, 0) is 42.0 Å². The molecule has 0 bridgehead atoms. The summed E-state index contributed by atoms with van der Waals surface area (Å²) in [6, 6.07) is 17.7. The normalized spacial score (nSPS) is 10.2. The highest BCUT2D eigenvalue weighted by molar-refractivity contribution is 5.85. The van der Waals surface area contributed by atoms with Gasteiger partial charge in [0.2, 0.25) is 0 Å². The molecule has 0 aliphatic heterocycles. The minimum atomic E-state index is 0.553. The van der Waals surface area contributed by atoms with Crippen molar-refractivity contribution in [3.05, 3.63) is 54.6 Å². The highest BCUT2D eigenvalue weighted by Gasteiger charge is 2.03. The molecule has 0 unspecified atom stereocenters. The monoisotopic (exact) mass is 234 g/mol. The lowest BCUT2D eigenvalue weighted by Gasteiger charge is -1.99. The second-order valence-corrected chi connectivity index (χ2v) is 3.99. The van der Waals surface area contributed by atoms with Gasteiger partial charge < -0.3 is 9.72 Å². The van der Waals surface area contributed by atoms with E-state index in [2.05, 4.69) is 17.1 Å². The molecule has 2 aromatic carbocycles. The molecule has 0 aliphatic rings. The molecule has 1 aromatic heterocycles. The predicted molar refractivity (Wildman–Crippen MR) is 70.0 cm³/mol. The Morgan fingerprint density at radius 2 is 1.78 bits per heavy atom. The first-order valence-electron chi connectivity index (χ1n) is 5.61. The van der Waals surface area contributed by atoms with Crippen LogP contribution in [0.4, 0.5) is 0 Å². The topological polar surface area (TPSA) is 48.8 Å². The molecule has 3 aromatic rings. The van der Waals surface area contributed by atoms with Gasteiger partial charge in [0.25, 0.3) is 6.26 Å². The maximum atomic E-state index is 8.42. The first-order valence-corrected chi connectivity index (χ1v) is 5.61. The van der Waals surface area contributed by atoms with Gasteiger partial charge in [0, 0.05) is 16.6 Å². The Morgan fingerprint density at radius 3 is 2.50 bits per heavy atom. The summed E-state index contributed by atoms with van der Waals surface area (Å²) in [7, 11) is 0. The number of H-pyrrole nitrogens is 1. The lowest BCUT2D eigenvalue weighted by molar-refractivity contribution is 0.507. The average molecular weight is 234 g/mol. The van der Waals surface area contributed by atoms with Crippen LogP contribution >= 0.6 is 0 Å². The fourth-order valence-corrected chi connectivity index (χ4v) is 1.98. The molecule has 0 amide bonds. The fraction of sp³-hybridized carbons (Fsp3) is 0. The largest absolute Gasteiger partial charge is 0.388 e. The van der Waals surface area contributed by atoms with Crippen molar-refractivity contribution in [2.45, 2.75) is 0 Å². The summed E-state index contributed by atoms with van der Waals surface area (Å²) in [5.74, 6) is 0.553. The summed E-state index contributed by atoms with van der Waals surface area (Å²) in [5.41, 5.74) is 3.24. The van der Waals surface area contributed by atoms with Crippen LogP contribution in [0.15, 0.2) is 54.6 Å². The van der Waals surface area contributed by atoms with E-state index in [1.165, 1.54) is 5.39 Å². The quantitative estimate of drug-likeness (QED) is 0.687. The fourth-order valence-electron chi connectivity index (χ4n) is 1.98. The van der Waals surface area contributed by atoms with Gasteiger partial charge in [-0.1, -0.05) is 18.2 Å². The Hall–Kier alpha value is -2.73. The first kappa shape index (κ1) is 10.4. The molecule has 3 nitrogen and oxygen atoms in total. The molecule has 18 heavy (non-hydrogen) atoms. The molecule has 0 spiro atoms. The second-order valence-electron chi connectivity index (χ2n) is 3.99. The second kappa shape index (κ2) is 4.27. The Labute approximate surface area is 104 Å². The van der Waals surface area contributed by atoms with E-state index in [1.54, 1.807) is 18.4 Å². The number of ether oxygens (including phenoxy) is 1. The molecule has 86 valence electrons. The number of para-hydroxylation sites is 1. The Morgan fingerprint density at radius 1 is 1.00 bits per heavy atom. The molecule has 0 saturated heterocycles. The molecule has 0 aliphatic carbocycles. The zero-order chi connectivity index (χ0) is 12.4. The van der Waals surface area contributed by atoms with Gasteiger partial charge in [-0.15, -0.1) is 5.26 Å². The summed E-state index contributed by atoms with van der Waals surface area (Å²) in [6.07, 6.45) is 1.66. The van der Waals surface area contributed by atoms with Crippen LogP contribution < -0.4 is 4.74 Å². The number of hydrogen-bond donors (Lipinski definition) is 1. The van der Waals surface area contributed by atoms with E-state index in [0.29, 0.717) is 5.75 Å². The molecule has 0 saturated carbocycles. The molecule has 0 atom stereocenters. The minimum absolute atomic E-state index is 0.553. The molecule has 3 rings (SSSR count). The molecule has 1 heterocycles. The Kier molecular flexibility index (Phi) is 2.47. The summed E-state index contributed by atoms with van der Waals surface area (Å²) < 4.78 is 4.75. The van der Waals surface area contributed by atoms with E-state index in [4.69, 9.17) is 10.00 Å².